The van der Waals surface area contributed by atoms with Gasteiger partial charge in [0.05, 0.1) is 5.56 Å². The molecule has 1 aromatic rings. The molecule has 1 amide bonds. The summed E-state index contributed by atoms with van der Waals surface area (Å²) >= 11 is 1.64. The SMILES string of the molecule is CC(C)(C)C1CCc2c(sc(NC(=O)C3CCCC3)c2C#N)C1. The minimum Gasteiger partial charge on any atom is -0.316 e. The summed E-state index contributed by atoms with van der Waals surface area (Å²) in [6.07, 6.45) is 7.43. The highest BCUT2D eigenvalue weighted by molar-refractivity contribution is 7.16. The molecule has 23 heavy (non-hydrogen) atoms. The van der Waals surface area contributed by atoms with Gasteiger partial charge in [0.25, 0.3) is 0 Å². The van der Waals surface area contributed by atoms with Crippen LogP contribution in [-0.2, 0) is 17.6 Å². The lowest BCUT2D eigenvalue weighted by Crippen LogP contribution is -2.26. The van der Waals surface area contributed by atoms with Gasteiger partial charge in [0.15, 0.2) is 0 Å². The van der Waals surface area contributed by atoms with Gasteiger partial charge in [-0.25, -0.2) is 0 Å². The van der Waals surface area contributed by atoms with Gasteiger partial charge in [-0.3, -0.25) is 4.79 Å². The molecule has 0 bridgehead atoms. The van der Waals surface area contributed by atoms with Crippen molar-refractivity contribution in [2.75, 3.05) is 5.32 Å². The lowest BCUT2D eigenvalue weighted by atomic mass is 9.72. The van der Waals surface area contributed by atoms with E-state index in [9.17, 15) is 10.1 Å². The second kappa shape index (κ2) is 6.28. The van der Waals surface area contributed by atoms with Gasteiger partial charge in [-0.2, -0.15) is 5.26 Å². The van der Waals surface area contributed by atoms with Crippen LogP contribution < -0.4 is 5.32 Å². The molecule has 1 saturated carbocycles. The number of anilines is 1. The van der Waals surface area contributed by atoms with Gasteiger partial charge in [0, 0.05) is 10.8 Å². The molecule has 4 heteroatoms. The van der Waals surface area contributed by atoms with Crippen LogP contribution in [-0.4, -0.2) is 5.91 Å². The van der Waals surface area contributed by atoms with Crippen molar-refractivity contribution in [2.24, 2.45) is 17.3 Å². The van der Waals surface area contributed by atoms with Gasteiger partial charge >= 0.3 is 0 Å². The third-order valence-corrected chi connectivity index (χ3v) is 6.73. The molecule has 0 aliphatic heterocycles. The number of rotatable bonds is 2. The highest BCUT2D eigenvalue weighted by Gasteiger charge is 2.33. The van der Waals surface area contributed by atoms with E-state index in [1.807, 2.05) is 0 Å². The maximum atomic E-state index is 12.4. The van der Waals surface area contributed by atoms with E-state index in [1.54, 1.807) is 11.3 Å². The topological polar surface area (TPSA) is 52.9 Å². The number of fused-ring (bicyclic) bond motifs is 1. The molecule has 1 heterocycles. The molecule has 1 N–H and O–H groups in total. The summed E-state index contributed by atoms with van der Waals surface area (Å²) in [6.45, 7) is 6.89. The van der Waals surface area contributed by atoms with Crippen LogP contribution in [0.15, 0.2) is 0 Å². The van der Waals surface area contributed by atoms with Crippen LogP contribution in [0, 0.1) is 28.6 Å². The van der Waals surface area contributed by atoms with Gasteiger partial charge in [-0.05, 0) is 49.0 Å². The quantitative estimate of drug-likeness (QED) is 0.838. The molecule has 3 nitrogen and oxygen atoms in total. The largest absolute Gasteiger partial charge is 0.316 e. The molecule has 1 unspecified atom stereocenters. The van der Waals surface area contributed by atoms with E-state index in [2.05, 4.69) is 32.2 Å². The van der Waals surface area contributed by atoms with Crippen LogP contribution in [0.1, 0.15) is 68.9 Å². The first-order valence-corrected chi connectivity index (χ1v) is 9.57. The normalized spacial score (nSPS) is 21.7. The van der Waals surface area contributed by atoms with Crippen molar-refractivity contribution in [1.82, 2.24) is 0 Å². The van der Waals surface area contributed by atoms with Gasteiger partial charge < -0.3 is 5.32 Å². The molecular weight excluding hydrogens is 304 g/mol. The van der Waals surface area contributed by atoms with Gasteiger partial charge in [-0.15, -0.1) is 11.3 Å². The van der Waals surface area contributed by atoms with Gasteiger partial charge in [-0.1, -0.05) is 33.6 Å². The number of hydrogen-bond acceptors (Lipinski definition) is 3. The monoisotopic (exact) mass is 330 g/mol. The maximum absolute atomic E-state index is 12.4. The molecule has 0 saturated heterocycles. The minimum atomic E-state index is 0.116. The predicted octanol–water partition coefficient (Wildman–Crippen LogP) is 4.90. The third-order valence-electron chi connectivity index (χ3n) is 5.56. The molecule has 1 aromatic heterocycles. The molecule has 124 valence electrons. The summed E-state index contributed by atoms with van der Waals surface area (Å²) in [5, 5.41) is 13.4. The van der Waals surface area contributed by atoms with Gasteiger partial charge in [0.1, 0.15) is 11.1 Å². The van der Waals surface area contributed by atoms with Crippen molar-refractivity contribution in [3.8, 4) is 6.07 Å². The lowest BCUT2D eigenvalue weighted by Gasteiger charge is -2.33. The zero-order chi connectivity index (χ0) is 16.6. The Morgan fingerprint density at radius 1 is 1.26 bits per heavy atom. The molecule has 2 aliphatic rings. The Balaban J connectivity index is 1.82. The highest BCUT2D eigenvalue weighted by Crippen LogP contribution is 2.44. The summed E-state index contributed by atoms with van der Waals surface area (Å²) in [7, 11) is 0. The minimum absolute atomic E-state index is 0.116. The Morgan fingerprint density at radius 3 is 2.57 bits per heavy atom. The summed E-state index contributed by atoms with van der Waals surface area (Å²) < 4.78 is 0. The standard InChI is InChI=1S/C19H26N2OS/c1-19(2,3)13-8-9-14-15(11-20)18(23-16(14)10-13)21-17(22)12-6-4-5-7-12/h12-13H,4-10H2,1-3H3,(H,21,22). The number of carbonyl (C=O) groups excluding carboxylic acids is 1. The van der Waals surface area contributed by atoms with Crippen molar-refractivity contribution in [3.63, 3.8) is 0 Å². The fraction of sp³-hybridized carbons (Fsp3) is 0.684. The molecule has 0 radical (unpaired) electrons. The Bertz CT molecular complexity index is 642. The van der Waals surface area contributed by atoms with Crippen LogP contribution >= 0.6 is 11.3 Å². The Morgan fingerprint density at radius 2 is 1.96 bits per heavy atom. The fourth-order valence-corrected chi connectivity index (χ4v) is 5.21. The summed E-state index contributed by atoms with van der Waals surface area (Å²) in [4.78, 5) is 13.7. The lowest BCUT2D eigenvalue weighted by molar-refractivity contribution is -0.119. The zero-order valence-electron chi connectivity index (χ0n) is 14.4. The van der Waals surface area contributed by atoms with Crippen LogP contribution in [0.4, 0.5) is 5.00 Å². The van der Waals surface area contributed by atoms with Gasteiger partial charge in [0.2, 0.25) is 5.91 Å². The van der Waals surface area contributed by atoms with Crippen molar-refractivity contribution in [1.29, 1.82) is 5.26 Å². The van der Waals surface area contributed by atoms with E-state index in [-0.39, 0.29) is 11.8 Å². The molecule has 1 fully saturated rings. The number of amides is 1. The van der Waals surface area contributed by atoms with Crippen LogP contribution in [0.5, 0.6) is 0 Å². The fourth-order valence-electron chi connectivity index (χ4n) is 3.93. The predicted molar refractivity (Wildman–Crippen MR) is 94.6 cm³/mol. The number of nitrogens with zero attached hydrogens (tertiary/aromatic N) is 1. The number of hydrogen-bond donors (Lipinski definition) is 1. The number of carbonyl (C=O) groups is 1. The van der Waals surface area contributed by atoms with Crippen molar-refractivity contribution >= 4 is 22.2 Å². The molecule has 0 spiro atoms. The molecule has 0 aromatic carbocycles. The van der Waals surface area contributed by atoms with Crippen LogP contribution in [0.3, 0.4) is 0 Å². The number of nitriles is 1. The van der Waals surface area contributed by atoms with Crippen molar-refractivity contribution in [3.05, 3.63) is 16.0 Å². The van der Waals surface area contributed by atoms with E-state index in [4.69, 9.17) is 0 Å². The summed E-state index contributed by atoms with van der Waals surface area (Å²) in [5.41, 5.74) is 2.21. The second-order valence-electron chi connectivity index (χ2n) is 8.10. The van der Waals surface area contributed by atoms with E-state index in [1.165, 1.54) is 10.4 Å². The summed E-state index contributed by atoms with van der Waals surface area (Å²) in [6, 6.07) is 2.35. The van der Waals surface area contributed by atoms with E-state index in [0.717, 1.165) is 55.5 Å². The van der Waals surface area contributed by atoms with E-state index >= 15 is 0 Å². The summed E-state index contributed by atoms with van der Waals surface area (Å²) in [5.74, 6) is 0.909. The van der Waals surface area contributed by atoms with Crippen LogP contribution in [0.25, 0.3) is 0 Å². The average Bonchev–Trinajstić information content (AvgIpc) is 3.12. The average molecular weight is 330 g/mol. The Labute approximate surface area is 143 Å². The Kier molecular flexibility index (Phi) is 4.51. The first-order valence-electron chi connectivity index (χ1n) is 8.75. The highest BCUT2D eigenvalue weighted by atomic mass is 32.1. The zero-order valence-corrected chi connectivity index (χ0v) is 15.2. The van der Waals surface area contributed by atoms with Crippen molar-refractivity contribution in [2.45, 2.75) is 65.7 Å². The van der Waals surface area contributed by atoms with E-state index < -0.39 is 0 Å². The molecule has 2 aliphatic carbocycles. The van der Waals surface area contributed by atoms with Crippen molar-refractivity contribution < 1.29 is 4.79 Å². The molecule has 3 rings (SSSR count). The Hall–Kier alpha value is -1.34. The number of nitrogens with one attached hydrogen (secondary N) is 1. The van der Waals surface area contributed by atoms with Crippen LogP contribution in [0.2, 0.25) is 0 Å². The number of thiophene rings is 1. The first-order chi connectivity index (χ1) is 10.9. The maximum Gasteiger partial charge on any atom is 0.228 e. The first kappa shape index (κ1) is 16.5. The molecular formula is C19H26N2OS. The molecule has 1 atom stereocenters. The van der Waals surface area contributed by atoms with E-state index in [0.29, 0.717) is 11.3 Å². The smallest absolute Gasteiger partial charge is 0.228 e. The third kappa shape index (κ3) is 3.30. The second-order valence-corrected chi connectivity index (χ2v) is 9.20.